The van der Waals surface area contributed by atoms with E-state index >= 15 is 0 Å². The minimum atomic E-state index is -0.593. The van der Waals surface area contributed by atoms with Gasteiger partial charge in [0.05, 0.1) is 25.0 Å². The van der Waals surface area contributed by atoms with Gasteiger partial charge in [-0.05, 0) is 38.8 Å². The van der Waals surface area contributed by atoms with Gasteiger partial charge in [-0.15, -0.1) is 0 Å². The van der Waals surface area contributed by atoms with E-state index < -0.39 is 17.8 Å². The molecule has 130 valence electrons. The molecule has 0 spiro atoms. The zero-order valence-electron chi connectivity index (χ0n) is 14.3. The lowest BCUT2D eigenvalue weighted by Crippen LogP contribution is -2.29. The van der Waals surface area contributed by atoms with Crippen LogP contribution in [0.5, 0.6) is 0 Å². The lowest BCUT2D eigenvalue weighted by molar-refractivity contribution is -0.119. The molecule has 3 heterocycles. The largest absolute Gasteiger partial charge is 0.444 e. The van der Waals surface area contributed by atoms with Crippen molar-refractivity contribution in [3.05, 3.63) is 22.4 Å². The van der Waals surface area contributed by atoms with Crippen molar-refractivity contribution in [3.63, 3.8) is 0 Å². The maximum atomic E-state index is 12.1. The number of nitrogens with one attached hydrogen (secondary N) is 1. The quantitative estimate of drug-likeness (QED) is 0.837. The fourth-order valence-corrected chi connectivity index (χ4v) is 3.03. The number of hydrogen-bond donors (Lipinski definition) is 1. The van der Waals surface area contributed by atoms with Crippen LogP contribution in [-0.2, 0) is 38.6 Å². The fraction of sp³-hybridized carbons (Fsp3) is 0.588. The summed E-state index contributed by atoms with van der Waals surface area (Å²) in [4.78, 5) is 27.7. The van der Waals surface area contributed by atoms with Crippen molar-refractivity contribution in [1.82, 2.24) is 4.98 Å². The zero-order chi connectivity index (χ0) is 17.5. The highest BCUT2D eigenvalue weighted by molar-refractivity contribution is 5.85. The molecule has 7 nitrogen and oxygen atoms in total. The van der Waals surface area contributed by atoms with Crippen LogP contribution in [-0.4, -0.2) is 29.1 Å². The van der Waals surface area contributed by atoms with Crippen LogP contribution < -0.4 is 5.32 Å². The van der Waals surface area contributed by atoms with E-state index in [0.29, 0.717) is 18.8 Å². The molecule has 0 saturated carbocycles. The van der Waals surface area contributed by atoms with Gasteiger partial charge in [0.1, 0.15) is 23.8 Å². The highest BCUT2D eigenvalue weighted by Gasteiger charge is 2.33. The second kappa shape index (κ2) is 6.14. The van der Waals surface area contributed by atoms with Crippen LogP contribution >= 0.6 is 0 Å². The van der Waals surface area contributed by atoms with Crippen LogP contribution in [0.1, 0.15) is 56.2 Å². The molecule has 1 N–H and O–H groups in total. The van der Waals surface area contributed by atoms with E-state index in [1.807, 2.05) is 6.92 Å². The molecule has 1 aromatic rings. The van der Waals surface area contributed by atoms with Gasteiger partial charge in [-0.1, -0.05) is 0 Å². The first kappa shape index (κ1) is 16.9. The van der Waals surface area contributed by atoms with Crippen LogP contribution in [0.3, 0.4) is 0 Å². The summed E-state index contributed by atoms with van der Waals surface area (Å²) < 4.78 is 16.5. The van der Waals surface area contributed by atoms with Gasteiger partial charge in [0.25, 0.3) is 0 Å². The van der Waals surface area contributed by atoms with Gasteiger partial charge in [0.2, 0.25) is 0 Å². The van der Waals surface area contributed by atoms with E-state index in [0.717, 1.165) is 28.7 Å². The van der Waals surface area contributed by atoms with Gasteiger partial charge in [0.15, 0.2) is 0 Å². The fourth-order valence-electron chi connectivity index (χ4n) is 3.03. The summed E-state index contributed by atoms with van der Waals surface area (Å²) in [6, 6.07) is 0. The molecule has 7 heteroatoms. The smallest absolute Gasteiger partial charge is 0.413 e. The average molecular weight is 334 g/mol. The van der Waals surface area contributed by atoms with E-state index in [4.69, 9.17) is 14.2 Å². The molecule has 0 aromatic carbocycles. The molecule has 2 atom stereocenters. The topological polar surface area (TPSA) is 86.8 Å². The molecule has 3 rings (SSSR count). The summed E-state index contributed by atoms with van der Waals surface area (Å²) in [6.45, 7) is 8.00. The first-order valence-electron chi connectivity index (χ1n) is 8.01. The highest BCUT2D eigenvalue weighted by Crippen LogP contribution is 2.40. The van der Waals surface area contributed by atoms with E-state index in [1.165, 1.54) is 0 Å². The normalized spacial score (nSPS) is 22.5. The van der Waals surface area contributed by atoms with Crippen LogP contribution in [0.2, 0.25) is 0 Å². The number of rotatable bonds is 2. The molecule has 2 aliphatic rings. The SMILES string of the molecule is CC1OCc2c3c(nc(NC(=O)OC(C)(C)C)c21)COC(C=O)C3. The number of amides is 1. The number of carbonyl (C=O) groups is 2. The summed E-state index contributed by atoms with van der Waals surface area (Å²) in [5.41, 5.74) is 2.98. The molecule has 24 heavy (non-hydrogen) atoms. The Hall–Kier alpha value is -1.99. The molecular weight excluding hydrogens is 312 g/mol. The summed E-state index contributed by atoms with van der Waals surface area (Å²) >= 11 is 0. The lowest BCUT2D eigenvalue weighted by Gasteiger charge is -2.25. The molecule has 2 unspecified atom stereocenters. The third-order valence-electron chi connectivity index (χ3n) is 4.03. The van der Waals surface area contributed by atoms with Gasteiger partial charge in [0, 0.05) is 12.0 Å². The van der Waals surface area contributed by atoms with Gasteiger partial charge in [-0.2, -0.15) is 0 Å². The monoisotopic (exact) mass is 334 g/mol. The summed E-state index contributed by atoms with van der Waals surface area (Å²) in [6.07, 6.45) is 0.0984. The maximum absolute atomic E-state index is 12.1. The molecule has 1 amide bonds. The standard InChI is InChI=1S/C17H22N2O5/c1-9-14-12(7-22-9)11-5-10(6-20)23-8-13(11)18-15(14)19-16(21)24-17(2,3)4/h6,9-10H,5,7-8H2,1-4H3,(H,18,19,21). The summed E-state index contributed by atoms with van der Waals surface area (Å²) in [7, 11) is 0. The highest BCUT2D eigenvalue weighted by atomic mass is 16.6. The van der Waals surface area contributed by atoms with Crippen molar-refractivity contribution in [2.24, 2.45) is 0 Å². The number of carbonyl (C=O) groups excluding carboxylic acids is 2. The van der Waals surface area contributed by atoms with E-state index in [9.17, 15) is 9.59 Å². The first-order chi connectivity index (χ1) is 11.3. The summed E-state index contributed by atoms with van der Waals surface area (Å²) in [5, 5.41) is 2.73. The third-order valence-corrected chi connectivity index (χ3v) is 4.03. The maximum Gasteiger partial charge on any atom is 0.413 e. The number of pyridine rings is 1. The van der Waals surface area contributed by atoms with Crippen molar-refractivity contribution in [1.29, 1.82) is 0 Å². The number of anilines is 1. The zero-order valence-corrected chi connectivity index (χ0v) is 14.3. The van der Waals surface area contributed by atoms with Crippen molar-refractivity contribution < 1.29 is 23.8 Å². The van der Waals surface area contributed by atoms with Gasteiger partial charge in [-0.25, -0.2) is 9.78 Å². The van der Waals surface area contributed by atoms with Gasteiger partial charge in [-0.3, -0.25) is 5.32 Å². The Balaban J connectivity index is 1.95. The average Bonchev–Trinajstić information content (AvgIpc) is 2.87. The van der Waals surface area contributed by atoms with Crippen LogP contribution in [0.15, 0.2) is 0 Å². The second-order valence-corrected chi connectivity index (χ2v) is 7.05. The number of ether oxygens (including phenoxy) is 3. The predicted octanol–water partition coefficient (Wildman–Crippen LogP) is 2.66. The van der Waals surface area contributed by atoms with Crippen molar-refractivity contribution in [2.45, 2.75) is 65.1 Å². The van der Waals surface area contributed by atoms with E-state index in [2.05, 4.69) is 10.3 Å². The van der Waals surface area contributed by atoms with E-state index in [1.54, 1.807) is 20.8 Å². The second-order valence-electron chi connectivity index (χ2n) is 7.05. The predicted molar refractivity (Wildman–Crippen MR) is 85.6 cm³/mol. The number of hydrogen-bond acceptors (Lipinski definition) is 6. The third kappa shape index (κ3) is 3.27. The Morgan fingerprint density at radius 1 is 1.29 bits per heavy atom. The first-order valence-corrected chi connectivity index (χ1v) is 8.01. The Morgan fingerprint density at radius 3 is 2.71 bits per heavy atom. The minimum Gasteiger partial charge on any atom is -0.444 e. The Labute approximate surface area is 140 Å². The van der Waals surface area contributed by atoms with Crippen molar-refractivity contribution in [2.75, 3.05) is 5.32 Å². The number of nitrogens with zero attached hydrogens (tertiary/aromatic N) is 1. The number of aldehydes is 1. The molecule has 1 aromatic heterocycles. The van der Waals surface area contributed by atoms with E-state index in [-0.39, 0.29) is 12.7 Å². The Morgan fingerprint density at radius 2 is 2.04 bits per heavy atom. The molecule has 2 aliphatic heterocycles. The van der Waals surface area contributed by atoms with Gasteiger partial charge < -0.3 is 19.0 Å². The van der Waals surface area contributed by atoms with Crippen LogP contribution in [0, 0.1) is 0 Å². The minimum absolute atomic E-state index is 0.180. The Bertz CT molecular complexity index is 681. The number of aromatic nitrogens is 1. The molecule has 0 radical (unpaired) electrons. The lowest BCUT2D eigenvalue weighted by atomic mass is 9.94. The molecular formula is C17H22N2O5. The molecule has 0 saturated heterocycles. The molecule has 0 aliphatic carbocycles. The van der Waals surface area contributed by atoms with Crippen molar-refractivity contribution >= 4 is 18.2 Å². The molecule has 0 fully saturated rings. The molecule has 0 bridgehead atoms. The van der Waals surface area contributed by atoms with Crippen molar-refractivity contribution in [3.8, 4) is 0 Å². The van der Waals surface area contributed by atoms with Crippen LogP contribution in [0.4, 0.5) is 10.6 Å². The van der Waals surface area contributed by atoms with Crippen LogP contribution in [0.25, 0.3) is 0 Å². The van der Waals surface area contributed by atoms with Gasteiger partial charge >= 0.3 is 6.09 Å². The Kier molecular flexibility index (Phi) is 4.31. The summed E-state index contributed by atoms with van der Waals surface area (Å²) in [5.74, 6) is 0.441. The number of fused-ring (bicyclic) bond motifs is 3.